The number of aliphatic hydroxyl groups is 1. The fourth-order valence-electron chi connectivity index (χ4n) is 3.42. The van der Waals surface area contributed by atoms with Crippen LogP contribution in [0.3, 0.4) is 0 Å². The van der Waals surface area contributed by atoms with Gasteiger partial charge in [0.05, 0.1) is 5.60 Å². The van der Waals surface area contributed by atoms with E-state index in [1.165, 1.54) is 44.1 Å². The molecule has 1 fully saturated rings. The van der Waals surface area contributed by atoms with E-state index in [1.54, 1.807) is 0 Å². The van der Waals surface area contributed by atoms with Crippen LogP contribution in [0.2, 0.25) is 0 Å². The highest BCUT2D eigenvalue weighted by molar-refractivity contribution is 5.21. The molecule has 0 bridgehead atoms. The Morgan fingerprint density at radius 1 is 1.33 bits per heavy atom. The maximum absolute atomic E-state index is 10.9. The van der Waals surface area contributed by atoms with Gasteiger partial charge in [-0.05, 0) is 50.0 Å². The SMILES string of the molecule is CCC1CCCCC1(O)C1=CCCCC1. The van der Waals surface area contributed by atoms with Gasteiger partial charge in [-0.2, -0.15) is 0 Å². The van der Waals surface area contributed by atoms with Crippen molar-refractivity contribution in [2.75, 3.05) is 0 Å². The van der Waals surface area contributed by atoms with Crippen LogP contribution in [-0.4, -0.2) is 10.7 Å². The molecule has 0 spiro atoms. The fourth-order valence-corrected chi connectivity index (χ4v) is 3.42. The molecule has 0 aromatic heterocycles. The molecule has 2 rings (SSSR count). The van der Waals surface area contributed by atoms with Gasteiger partial charge in [0.1, 0.15) is 0 Å². The Morgan fingerprint density at radius 3 is 2.87 bits per heavy atom. The van der Waals surface area contributed by atoms with Crippen molar-refractivity contribution in [2.24, 2.45) is 5.92 Å². The zero-order valence-corrected chi connectivity index (χ0v) is 9.97. The maximum Gasteiger partial charge on any atom is 0.0884 e. The van der Waals surface area contributed by atoms with Gasteiger partial charge in [-0.1, -0.05) is 32.3 Å². The fraction of sp³-hybridized carbons (Fsp3) is 0.857. The highest BCUT2D eigenvalue weighted by atomic mass is 16.3. The van der Waals surface area contributed by atoms with Crippen molar-refractivity contribution < 1.29 is 5.11 Å². The van der Waals surface area contributed by atoms with E-state index in [4.69, 9.17) is 0 Å². The minimum Gasteiger partial charge on any atom is -0.385 e. The van der Waals surface area contributed by atoms with Crippen LogP contribution in [0.5, 0.6) is 0 Å². The summed E-state index contributed by atoms with van der Waals surface area (Å²) in [4.78, 5) is 0. The lowest BCUT2D eigenvalue weighted by Gasteiger charge is -2.42. The van der Waals surface area contributed by atoms with Crippen molar-refractivity contribution in [2.45, 2.75) is 70.3 Å². The van der Waals surface area contributed by atoms with E-state index in [0.717, 1.165) is 19.3 Å². The van der Waals surface area contributed by atoms with E-state index in [1.807, 2.05) is 0 Å². The van der Waals surface area contributed by atoms with Gasteiger partial charge < -0.3 is 5.11 Å². The molecule has 1 saturated carbocycles. The summed E-state index contributed by atoms with van der Waals surface area (Å²) in [5, 5.41) is 10.9. The van der Waals surface area contributed by atoms with E-state index in [9.17, 15) is 5.11 Å². The van der Waals surface area contributed by atoms with Crippen molar-refractivity contribution in [1.82, 2.24) is 0 Å². The monoisotopic (exact) mass is 208 g/mol. The zero-order chi connectivity index (χ0) is 10.7. The molecule has 2 aliphatic carbocycles. The van der Waals surface area contributed by atoms with Gasteiger partial charge in [0.2, 0.25) is 0 Å². The molecule has 0 aromatic rings. The Labute approximate surface area is 93.6 Å². The average Bonchev–Trinajstić information content (AvgIpc) is 2.31. The lowest BCUT2D eigenvalue weighted by molar-refractivity contribution is -0.0206. The van der Waals surface area contributed by atoms with Crippen molar-refractivity contribution in [3.05, 3.63) is 11.6 Å². The molecule has 1 nitrogen and oxygen atoms in total. The predicted molar refractivity (Wildman–Crippen MR) is 63.7 cm³/mol. The third kappa shape index (κ3) is 2.13. The van der Waals surface area contributed by atoms with Crippen LogP contribution in [0, 0.1) is 5.92 Å². The first-order chi connectivity index (χ1) is 7.27. The first-order valence-corrected chi connectivity index (χ1v) is 6.69. The van der Waals surface area contributed by atoms with Crippen LogP contribution < -0.4 is 0 Å². The Hall–Kier alpha value is -0.300. The highest BCUT2D eigenvalue weighted by Gasteiger charge is 2.40. The second-order valence-corrected chi connectivity index (χ2v) is 5.25. The molecule has 86 valence electrons. The molecule has 0 radical (unpaired) electrons. The minimum absolute atomic E-state index is 0.423. The molecule has 0 aromatic carbocycles. The van der Waals surface area contributed by atoms with Crippen LogP contribution in [0.15, 0.2) is 11.6 Å². The minimum atomic E-state index is -0.423. The van der Waals surface area contributed by atoms with Gasteiger partial charge in [-0.15, -0.1) is 0 Å². The molecular weight excluding hydrogens is 184 g/mol. The van der Waals surface area contributed by atoms with Crippen molar-refractivity contribution in [1.29, 1.82) is 0 Å². The van der Waals surface area contributed by atoms with E-state index < -0.39 is 5.60 Å². The first kappa shape index (κ1) is 11.2. The summed E-state index contributed by atoms with van der Waals surface area (Å²) >= 11 is 0. The third-order valence-corrected chi connectivity index (χ3v) is 4.38. The van der Waals surface area contributed by atoms with Crippen LogP contribution in [0.1, 0.15) is 64.7 Å². The second kappa shape index (κ2) is 4.69. The summed E-state index contributed by atoms with van der Waals surface area (Å²) in [7, 11) is 0. The van der Waals surface area contributed by atoms with Crippen LogP contribution in [-0.2, 0) is 0 Å². The van der Waals surface area contributed by atoms with Crippen molar-refractivity contribution in [3.8, 4) is 0 Å². The normalized spacial score (nSPS) is 37.5. The molecule has 0 amide bonds. The molecule has 2 atom stereocenters. The molecule has 2 aliphatic rings. The lowest BCUT2D eigenvalue weighted by atomic mass is 9.68. The van der Waals surface area contributed by atoms with Crippen molar-refractivity contribution in [3.63, 3.8) is 0 Å². The molecular formula is C14H24O. The Balaban J connectivity index is 2.17. The zero-order valence-electron chi connectivity index (χ0n) is 9.97. The van der Waals surface area contributed by atoms with Gasteiger partial charge in [-0.25, -0.2) is 0 Å². The average molecular weight is 208 g/mol. The predicted octanol–water partition coefficient (Wildman–Crippen LogP) is 3.82. The Bertz CT molecular complexity index is 244. The summed E-state index contributed by atoms with van der Waals surface area (Å²) < 4.78 is 0. The molecule has 15 heavy (non-hydrogen) atoms. The smallest absolute Gasteiger partial charge is 0.0884 e. The molecule has 1 N–H and O–H groups in total. The molecule has 0 heterocycles. The summed E-state index contributed by atoms with van der Waals surface area (Å²) in [5.41, 5.74) is 0.952. The van der Waals surface area contributed by atoms with E-state index in [2.05, 4.69) is 13.0 Å². The summed E-state index contributed by atoms with van der Waals surface area (Å²) in [6.45, 7) is 2.23. The van der Waals surface area contributed by atoms with E-state index in [0.29, 0.717) is 5.92 Å². The van der Waals surface area contributed by atoms with Crippen molar-refractivity contribution >= 4 is 0 Å². The maximum atomic E-state index is 10.9. The highest BCUT2D eigenvalue weighted by Crippen LogP contribution is 2.43. The van der Waals surface area contributed by atoms with Crippen LogP contribution in [0.4, 0.5) is 0 Å². The topological polar surface area (TPSA) is 20.2 Å². The summed E-state index contributed by atoms with van der Waals surface area (Å²) in [6, 6.07) is 0. The van der Waals surface area contributed by atoms with Gasteiger partial charge in [-0.3, -0.25) is 0 Å². The largest absolute Gasteiger partial charge is 0.385 e. The number of rotatable bonds is 2. The van der Waals surface area contributed by atoms with Crippen LogP contribution >= 0.6 is 0 Å². The van der Waals surface area contributed by atoms with E-state index >= 15 is 0 Å². The molecule has 2 unspecified atom stereocenters. The first-order valence-electron chi connectivity index (χ1n) is 6.69. The summed E-state index contributed by atoms with van der Waals surface area (Å²) in [6.07, 6.45) is 13.2. The lowest BCUT2D eigenvalue weighted by Crippen LogP contribution is -2.42. The van der Waals surface area contributed by atoms with Crippen LogP contribution in [0.25, 0.3) is 0 Å². The number of hydrogen-bond donors (Lipinski definition) is 1. The molecule has 0 aliphatic heterocycles. The third-order valence-electron chi connectivity index (χ3n) is 4.38. The van der Waals surface area contributed by atoms with Gasteiger partial charge in [0, 0.05) is 0 Å². The van der Waals surface area contributed by atoms with E-state index in [-0.39, 0.29) is 0 Å². The van der Waals surface area contributed by atoms with Gasteiger partial charge in [0.25, 0.3) is 0 Å². The molecule has 0 saturated heterocycles. The molecule has 1 heteroatoms. The standard InChI is InChI=1S/C14H24O/c1-2-12-8-6-7-11-14(12,15)13-9-4-3-5-10-13/h9,12,15H,2-8,10-11H2,1H3. The Kier molecular flexibility index (Phi) is 3.50. The van der Waals surface area contributed by atoms with Gasteiger partial charge in [0.15, 0.2) is 0 Å². The quantitative estimate of drug-likeness (QED) is 0.684. The second-order valence-electron chi connectivity index (χ2n) is 5.25. The Morgan fingerprint density at radius 2 is 2.20 bits per heavy atom. The number of allylic oxidation sites excluding steroid dienone is 1. The van der Waals surface area contributed by atoms with Gasteiger partial charge >= 0.3 is 0 Å². The number of hydrogen-bond acceptors (Lipinski definition) is 1. The summed E-state index contributed by atoms with van der Waals surface area (Å²) in [5.74, 6) is 0.524.